The molecule has 152 valence electrons. The Morgan fingerprint density at radius 2 is 1.76 bits per heavy atom. The molecule has 1 heterocycles. The molecule has 1 fully saturated rings. The number of alkyl halides is 3. The molecule has 9 heteroatoms. The quantitative estimate of drug-likeness (QED) is 0.603. The van der Waals surface area contributed by atoms with Crippen LogP contribution in [0, 0.1) is 5.92 Å². The van der Waals surface area contributed by atoms with E-state index in [1.54, 1.807) is 24.3 Å². The van der Waals surface area contributed by atoms with Crippen LogP contribution in [0.1, 0.15) is 24.0 Å². The fourth-order valence-electron chi connectivity index (χ4n) is 3.39. The van der Waals surface area contributed by atoms with Crippen LogP contribution in [0.25, 0.3) is 0 Å². The summed E-state index contributed by atoms with van der Waals surface area (Å²) < 4.78 is 48.6. The molecule has 2 aromatic carbocycles. The van der Waals surface area contributed by atoms with E-state index in [9.17, 15) is 18.3 Å². The van der Waals surface area contributed by atoms with Crippen molar-refractivity contribution in [2.75, 3.05) is 0 Å². The highest BCUT2D eigenvalue weighted by Crippen LogP contribution is 2.50. The van der Waals surface area contributed by atoms with Gasteiger partial charge < -0.3 is 9.84 Å². The van der Waals surface area contributed by atoms with Crippen LogP contribution in [-0.2, 0) is 18.3 Å². The molecule has 4 rings (SSSR count). The highest BCUT2D eigenvalue weighted by molar-refractivity contribution is 6.30. The van der Waals surface area contributed by atoms with Gasteiger partial charge in [0.15, 0.2) is 0 Å². The molecule has 1 aliphatic carbocycles. The number of nitrogens with zero attached hydrogens (tertiary/aromatic N) is 3. The molecule has 0 bridgehead atoms. The van der Waals surface area contributed by atoms with E-state index < -0.39 is 17.3 Å². The van der Waals surface area contributed by atoms with Crippen LogP contribution in [0.2, 0.25) is 5.02 Å². The van der Waals surface area contributed by atoms with Gasteiger partial charge in [-0.05, 0) is 60.7 Å². The van der Waals surface area contributed by atoms with Crippen molar-refractivity contribution >= 4 is 11.6 Å². The number of aromatic nitrogens is 3. The van der Waals surface area contributed by atoms with Gasteiger partial charge in [0.2, 0.25) is 0 Å². The Morgan fingerprint density at radius 1 is 1.07 bits per heavy atom. The Kier molecular flexibility index (Phi) is 5.00. The minimum atomic E-state index is -4.67. The highest BCUT2D eigenvalue weighted by atomic mass is 35.5. The number of aliphatic hydroxyl groups is 1. The summed E-state index contributed by atoms with van der Waals surface area (Å²) in [4.78, 5) is 3.81. The lowest BCUT2D eigenvalue weighted by Crippen LogP contribution is -2.36. The molecule has 1 aliphatic rings. The Labute approximate surface area is 169 Å². The Hall–Kier alpha value is -2.58. The van der Waals surface area contributed by atoms with Gasteiger partial charge in [-0.15, -0.1) is 0 Å². The molecule has 1 saturated carbocycles. The number of hydrogen-bond acceptors (Lipinski definition) is 4. The molecule has 0 amide bonds. The molecule has 0 aliphatic heterocycles. The molecule has 0 spiro atoms. The zero-order chi connectivity index (χ0) is 20.6. The van der Waals surface area contributed by atoms with E-state index in [2.05, 4.69) is 10.1 Å². The summed E-state index contributed by atoms with van der Waals surface area (Å²) >= 11 is 5.82. The van der Waals surface area contributed by atoms with Crippen molar-refractivity contribution in [1.29, 1.82) is 0 Å². The molecule has 1 N–H and O–H groups in total. The zero-order valence-corrected chi connectivity index (χ0v) is 15.9. The Balaban J connectivity index is 1.73. The zero-order valence-electron chi connectivity index (χ0n) is 15.1. The van der Waals surface area contributed by atoms with Gasteiger partial charge in [-0.2, -0.15) is 18.3 Å². The van der Waals surface area contributed by atoms with E-state index in [1.165, 1.54) is 29.5 Å². The van der Waals surface area contributed by atoms with Crippen molar-refractivity contribution in [3.05, 3.63) is 71.3 Å². The van der Waals surface area contributed by atoms with Gasteiger partial charge in [-0.1, -0.05) is 17.7 Å². The smallest absolute Gasteiger partial charge is 0.416 e. The third-order valence-electron chi connectivity index (χ3n) is 4.93. The first-order valence-corrected chi connectivity index (χ1v) is 9.33. The Morgan fingerprint density at radius 3 is 2.34 bits per heavy atom. The summed E-state index contributed by atoms with van der Waals surface area (Å²) in [6, 6.07) is 9.92. The molecule has 1 unspecified atom stereocenters. The fourth-order valence-corrected chi connectivity index (χ4v) is 3.52. The standard InChI is InChI=1S/C20H17ClF3N3O2/c21-14-3-5-15(6-4-14)29-16-7-8-17(18(9-16)20(22,23)24)19(28,13-1-2-13)10-27-12-25-11-26-27/h3-9,11-13,28H,1-2,10H2. The van der Waals surface area contributed by atoms with E-state index in [-0.39, 0.29) is 23.8 Å². The van der Waals surface area contributed by atoms with Crippen molar-refractivity contribution in [2.24, 2.45) is 5.92 Å². The van der Waals surface area contributed by atoms with Crippen LogP contribution in [0.3, 0.4) is 0 Å². The van der Waals surface area contributed by atoms with E-state index in [0.29, 0.717) is 23.6 Å². The predicted octanol–water partition coefficient (Wildman–Crippen LogP) is 5.04. The second kappa shape index (κ2) is 7.35. The minimum absolute atomic E-state index is 0.0160. The molecule has 3 aromatic rings. The molecule has 1 atom stereocenters. The number of rotatable bonds is 6. The van der Waals surface area contributed by atoms with Crippen LogP contribution in [0.4, 0.5) is 13.2 Å². The first kappa shape index (κ1) is 19.7. The van der Waals surface area contributed by atoms with Crippen molar-refractivity contribution in [2.45, 2.75) is 31.2 Å². The first-order valence-electron chi connectivity index (χ1n) is 8.95. The molecule has 5 nitrogen and oxygen atoms in total. The minimum Gasteiger partial charge on any atom is -0.457 e. The normalized spacial score (nSPS) is 16.4. The lowest BCUT2D eigenvalue weighted by Gasteiger charge is -2.31. The first-order chi connectivity index (χ1) is 13.8. The van der Waals surface area contributed by atoms with Crippen LogP contribution >= 0.6 is 11.6 Å². The maximum Gasteiger partial charge on any atom is 0.416 e. The van der Waals surface area contributed by atoms with Gasteiger partial charge >= 0.3 is 6.18 Å². The van der Waals surface area contributed by atoms with E-state index in [4.69, 9.17) is 16.3 Å². The Bertz CT molecular complexity index is 989. The highest BCUT2D eigenvalue weighted by Gasteiger charge is 2.50. The van der Waals surface area contributed by atoms with Crippen molar-refractivity contribution in [1.82, 2.24) is 14.8 Å². The molecular weight excluding hydrogens is 407 g/mol. The van der Waals surface area contributed by atoms with Crippen molar-refractivity contribution in [3.63, 3.8) is 0 Å². The lowest BCUT2D eigenvalue weighted by atomic mass is 9.85. The summed E-state index contributed by atoms with van der Waals surface area (Å²) in [5, 5.41) is 15.7. The van der Waals surface area contributed by atoms with Crippen molar-refractivity contribution < 1.29 is 23.0 Å². The molecule has 1 aromatic heterocycles. The van der Waals surface area contributed by atoms with Gasteiger partial charge in [-0.3, -0.25) is 0 Å². The van der Waals surface area contributed by atoms with Gasteiger partial charge in [0, 0.05) is 5.02 Å². The molecule has 29 heavy (non-hydrogen) atoms. The SMILES string of the molecule is OC(Cn1cncn1)(c1ccc(Oc2ccc(Cl)cc2)cc1C(F)(F)F)C1CC1. The van der Waals surface area contributed by atoms with Gasteiger partial charge in [-0.25, -0.2) is 9.67 Å². The number of halogens is 4. The summed E-state index contributed by atoms with van der Waals surface area (Å²) in [6.07, 6.45) is -0.726. The van der Waals surface area contributed by atoms with E-state index in [0.717, 1.165) is 6.07 Å². The van der Waals surface area contributed by atoms with E-state index >= 15 is 0 Å². The van der Waals surface area contributed by atoms with Crippen LogP contribution < -0.4 is 4.74 Å². The average Bonchev–Trinajstić information content (AvgIpc) is 3.42. The van der Waals surface area contributed by atoms with Gasteiger partial charge in [0.25, 0.3) is 0 Å². The monoisotopic (exact) mass is 423 g/mol. The fraction of sp³-hybridized carbons (Fsp3) is 0.300. The molecule has 0 saturated heterocycles. The predicted molar refractivity (Wildman–Crippen MR) is 99.6 cm³/mol. The average molecular weight is 424 g/mol. The topological polar surface area (TPSA) is 60.2 Å². The summed E-state index contributed by atoms with van der Waals surface area (Å²) in [5.74, 6) is 0.0912. The third kappa shape index (κ3) is 4.23. The summed E-state index contributed by atoms with van der Waals surface area (Å²) in [6.45, 7) is -0.113. The largest absolute Gasteiger partial charge is 0.457 e. The van der Waals surface area contributed by atoms with Crippen LogP contribution in [0.5, 0.6) is 11.5 Å². The second-order valence-corrected chi connectivity index (χ2v) is 7.49. The number of benzene rings is 2. The maximum absolute atomic E-state index is 13.9. The number of ether oxygens (including phenoxy) is 1. The maximum atomic E-state index is 13.9. The van der Waals surface area contributed by atoms with Gasteiger partial charge in [0.05, 0.1) is 12.1 Å². The molecular formula is C20H17ClF3N3O2. The summed E-state index contributed by atoms with van der Waals surface area (Å²) in [7, 11) is 0. The van der Waals surface area contributed by atoms with Crippen LogP contribution in [0.15, 0.2) is 55.1 Å². The van der Waals surface area contributed by atoms with Crippen LogP contribution in [-0.4, -0.2) is 19.9 Å². The van der Waals surface area contributed by atoms with E-state index in [1.807, 2.05) is 0 Å². The molecule has 0 radical (unpaired) electrons. The third-order valence-corrected chi connectivity index (χ3v) is 5.19. The lowest BCUT2D eigenvalue weighted by molar-refractivity contribution is -0.141. The summed E-state index contributed by atoms with van der Waals surface area (Å²) in [5.41, 5.74) is -2.83. The number of hydrogen-bond donors (Lipinski definition) is 1. The second-order valence-electron chi connectivity index (χ2n) is 7.05. The van der Waals surface area contributed by atoms with Gasteiger partial charge in [0.1, 0.15) is 29.8 Å². The van der Waals surface area contributed by atoms with Crippen molar-refractivity contribution in [3.8, 4) is 11.5 Å².